The summed E-state index contributed by atoms with van der Waals surface area (Å²) in [6.07, 6.45) is 5.49. The van der Waals surface area contributed by atoms with E-state index in [4.69, 9.17) is 0 Å². The van der Waals surface area contributed by atoms with Crippen molar-refractivity contribution in [1.29, 1.82) is 0 Å². The Kier molecular flexibility index (Phi) is 41.4. The van der Waals surface area contributed by atoms with E-state index in [2.05, 4.69) is 75.8 Å². The molecule has 3 rings (SSSR count). The van der Waals surface area contributed by atoms with Gasteiger partial charge in [-0.2, -0.15) is 0 Å². The van der Waals surface area contributed by atoms with E-state index in [-0.39, 0.29) is 54.9 Å². The van der Waals surface area contributed by atoms with E-state index in [9.17, 15) is 0 Å². The van der Waals surface area contributed by atoms with Gasteiger partial charge in [0, 0.05) is 49.5 Å². The van der Waals surface area contributed by atoms with Crippen LogP contribution >= 0.6 is 0 Å². The van der Waals surface area contributed by atoms with Gasteiger partial charge in [-0.1, -0.05) is 108 Å². The van der Waals surface area contributed by atoms with E-state index in [1.165, 1.54) is 11.1 Å². The number of rotatable bonds is 3. The van der Waals surface area contributed by atoms with Crippen LogP contribution in [-0.2, 0) is 0 Å². The number of benzene rings is 1. The Morgan fingerprint density at radius 2 is 0.882 bits per heavy atom. The molecule has 2 nitrogen and oxygen atoms in total. The van der Waals surface area contributed by atoms with Gasteiger partial charge in [0.25, 0.3) is 0 Å². The molecule has 3 aromatic rings. The molecule has 0 bridgehead atoms. The highest BCUT2D eigenvalue weighted by Gasteiger charge is 1.96. The van der Waals surface area contributed by atoms with Crippen LogP contribution in [0.4, 0.5) is 0 Å². The van der Waals surface area contributed by atoms with Crippen LogP contribution < -0.4 is 0 Å². The lowest BCUT2D eigenvalue weighted by atomic mass is 10.0. The molecule has 2 heterocycles. The third-order valence-corrected chi connectivity index (χ3v) is 4.12. The van der Waals surface area contributed by atoms with Gasteiger partial charge in [-0.05, 0) is 53.1 Å². The fourth-order valence-electron chi connectivity index (χ4n) is 2.30. The molecule has 0 saturated heterocycles. The van der Waals surface area contributed by atoms with Gasteiger partial charge in [-0.25, -0.2) is 0 Å². The lowest BCUT2D eigenvalue weighted by Gasteiger charge is -2.01. The molecule has 0 aliphatic carbocycles. The van der Waals surface area contributed by atoms with Crippen LogP contribution in [-0.4, -0.2) is 35.2 Å². The Bertz CT molecular complexity index is 617. The van der Waals surface area contributed by atoms with Gasteiger partial charge in [0.1, 0.15) is 0 Å². The first-order chi connectivity index (χ1) is 12.9. The van der Waals surface area contributed by atoms with Crippen molar-refractivity contribution in [1.82, 2.24) is 9.97 Å². The van der Waals surface area contributed by atoms with E-state index in [0.717, 1.165) is 5.69 Å². The van der Waals surface area contributed by atoms with Crippen LogP contribution in [0, 0.1) is 0 Å². The Labute approximate surface area is 220 Å². The third kappa shape index (κ3) is 21.6. The Balaban J connectivity index is -0.0000000583. The molecule has 34 heavy (non-hydrogen) atoms. The summed E-state index contributed by atoms with van der Waals surface area (Å²) in [5.74, 6) is 1.82. The standard InChI is InChI=1S/C9H12.2C8H11N.4CH4.3B/c1-8(2)9-6-4-3-5-7-9;1-7(2)8-3-5-9-6-4-8;1-7(2)8-5-3-4-6-9-8;;;;;;;/h3-8H,1-2H3;2*3-7H,1-2H3;4*1H4;;;. The van der Waals surface area contributed by atoms with Gasteiger partial charge in [0.05, 0.1) is 0 Å². The van der Waals surface area contributed by atoms with Crippen LogP contribution in [0.15, 0.2) is 79.3 Å². The van der Waals surface area contributed by atoms with Crippen molar-refractivity contribution in [3.8, 4) is 0 Å². The minimum atomic E-state index is 0. The summed E-state index contributed by atoms with van der Waals surface area (Å²) in [7, 11) is 0. The molecule has 5 heteroatoms. The van der Waals surface area contributed by atoms with Crippen molar-refractivity contribution in [3.63, 3.8) is 0 Å². The summed E-state index contributed by atoms with van der Waals surface area (Å²) >= 11 is 0. The van der Waals surface area contributed by atoms with Crippen molar-refractivity contribution in [2.45, 2.75) is 89.0 Å². The predicted octanol–water partition coefficient (Wildman–Crippen LogP) is 8.62. The lowest BCUT2D eigenvalue weighted by Crippen LogP contribution is -1.88. The van der Waals surface area contributed by atoms with Gasteiger partial charge >= 0.3 is 0 Å². The molecule has 185 valence electrons. The minimum Gasteiger partial charge on any atom is -0.265 e. The van der Waals surface area contributed by atoms with Crippen molar-refractivity contribution in [2.24, 2.45) is 0 Å². The first kappa shape index (κ1) is 49.0. The smallest absolute Gasteiger partial charge is 0.0428 e. The maximum Gasteiger partial charge on any atom is 0.0428 e. The summed E-state index contributed by atoms with van der Waals surface area (Å²) in [6, 6.07) is 20.6. The average Bonchev–Trinajstić information content (AvgIpc) is 2.71. The highest BCUT2D eigenvalue weighted by Crippen LogP contribution is 2.12. The SMILES string of the molecule is C.C.C.C.CC(C)c1ccccc1.CC(C)c1ccccn1.CC(C)c1ccncc1.[B].[B].[B]. The zero-order chi connectivity index (χ0) is 20.1. The number of pyridine rings is 2. The molecule has 0 aliphatic heterocycles. The van der Waals surface area contributed by atoms with Crippen LogP contribution in [0.5, 0.6) is 0 Å². The zero-order valence-corrected chi connectivity index (χ0v) is 19.4. The average molecular weight is 459 g/mol. The van der Waals surface area contributed by atoms with E-state index < -0.39 is 0 Å². The molecule has 0 fully saturated rings. The molecule has 0 saturated carbocycles. The largest absolute Gasteiger partial charge is 0.265 e. The van der Waals surface area contributed by atoms with Crippen LogP contribution in [0.2, 0.25) is 0 Å². The maximum atomic E-state index is 4.18. The van der Waals surface area contributed by atoms with Gasteiger partial charge < -0.3 is 0 Å². The zero-order valence-electron chi connectivity index (χ0n) is 19.4. The summed E-state index contributed by atoms with van der Waals surface area (Å²) in [5.41, 5.74) is 3.93. The minimum absolute atomic E-state index is 0. The summed E-state index contributed by atoms with van der Waals surface area (Å²) in [5, 5.41) is 0. The van der Waals surface area contributed by atoms with Crippen molar-refractivity contribution < 1.29 is 0 Å². The molecule has 1 aromatic carbocycles. The van der Waals surface area contributed by atoms with Gasteiger partial charge in [-0.15, -0.1) is 0 Å². The number of nitrogens with zero attached hydrogens (tertiary/aromatic N) is 2. The monoisotopic (exact) mass is 459 g/mol. The van der Waals surface area contributed by atoms with Crippen molar-refractivity contribution in [2.75, 3.05) is 0 Å². The fourth-order valence-corrected chi connectivity index (χ4v) is 2.30. The quantitative estimate of drug-likeness (QED) is 0.367. The van der Waals surface area contributed by atoms with E-state index in [1.807, 2.05) is 55.0 Å². The third-order valence-electron chi connectivity index (χ3n) is 4.12. The second-order valence-electron chi connectivity index (χ2n) is 7.41. The second-order valence-corrected chi connectivity index (χ2v) is 7.41. The number of hydrogen-bond donors (Lipinski definition) is 0. The number of aromatic nitrogens is 2. The van der Waals surface area contributed by atoms with Crippen LogP contribution in [0.25, 0.3) is 0 Å². The van der Waals surface area contributed by atoms with Gasteiger partial charge in [0.2, 0.25) is 0 Å². The van der Waals surface area contributed by atoms with Crippen molar-refractivity contribution >= 4 is 25.2 Å². The molecule has 0 aliphatic rings. The molecule has 0 unspecified atom stereocenters. The van der Waals surface area contributed by atoms with Crippen molar-refractivity contribution in [3.05, 3.63) is 96.1 Å². The maximum absolute atomic E-state index is 4.18. The highest BCUT2D eigenvalue weighted by molar-refractivity contribution is 5.76. The second kappa shape index (κ2) is 28.7. The van der Waals surface area contributed by atoms with E-state index in [1.54, 1.807) is 0 Å². The van der Waals surface area contributed by atoms with Gasteiger partial charge in [-0.3, -0.25) is 9.97 Å². The van der Waals surface area contributed by atoms with Crippen LogP contribution in [0.1, 0.15) is 106 Å². The van der Waals surface area contributed by atoms with E-state index >= 15 is 0 Å². The Morgan fingerprint density at radius 1 is 0.471 bits per heavy atom. The lowest BCUT2D eigenvalue weighted by molar-refractivity contribution is 0.823. The molecular formula is C29H50B3N2. The molecule has 2 aromatic heterocycles. The molecule has 0 spiro atoms. The fraction of sp³-hybridized carbons (Fsp3) is 0.448. The Hall–Kier alpha value is -2.29. The highest BCUT2D eigenvalue weighted by atomic mass is 14.7. The molecule has 0 atom stereocenters. The van der Waals surface area contributed by atoms with E-state index in [0.29, 0.717) is 17.8 Å². The molecule has 0 N–H and O–H groups in total. The first-order valence-electron chi connectivity index (χ1n) is 9.77. The first-order valence-corrected chi connectivity index (χ1v) is 9.77. The summed E-state index contributed by atoms with van der Waals surface area (Å²) in [4.78, 5) is 8.11. The molecular weight excluding hydrogens is 409 g/mol. The molecule has 0 amide bonds. The normalized spacial score (nSPS) is 8.03. The summed E-state index contributed by atoms with van der Waals surface area (Å²) < 4.78 is 0. The Morgan fingerprint density at radius 3 is 1.15 bits per heavy atom. The molecule has 9 radical (unpaired) electrons. The van der Waals surface area contributed by atoms with Crippen LogP contribution in [0.3, 0.4) is 0 Å². The predicted molar refractivity (Wildman–Crippen MR) is 161 cm³/mol. The topological polar surface area (TPSA) is 25.8 Å². The number of hydrogen-bond acceptors (Lipinski definition) is 2. The summed E-state index contributed by atoms with van der Waals surface area (Å²) in [6.45, 7) is 13.0. The van der Waals surface area contributed by atoms with Gasteiger partial charge in [0.15, 0.2) is 0 Å².